The number of aryl methyl sites for hydroxylation is 1. The highest BCUT2D eigenvalue weighted by molar-refractivity contribution is 5.99. The molecule has 480 valence electrons. The number of likely N-dealkylation sites (N-methyl/N-ethyl adjacent to an activating group) is 1. The van der Waals surface area contributed by atoms with Crippen molar-refractivity contribution < 1.29 is 23.9 Å². The van der Waals surface area contributed by atoms with Crippen LogP contribution < -0.4 is 25.4 Å². The Hall–Kier alpha value is -11.4. The van der Waals surface area contributed by atoms with Crippen LogP contribution in [0.1, 0.15) is 64.5 Å². The van der Waals surface area contributed by atoms with E-state index < -0.39 is 0 Å². The van der Waals surface area contributed by atoms with Gasteiger partial charge in [-0.1, -0.05) is 32.4 Å². The smallest absolute Gasteiger partial charge is 0.320 e. The number of nitrogens with zero attached hydrogens (tertiary/aromatic N) is 14. The summed E-state index contributed by atoms with van der Waals surface area (Å²) in [5.41, 5.74) is 13.2. The predicted octanol–water partition coefficient (Wildman–Crippen LogP) is 11.6. The highest BCUT2D eigenvalue weighted by Gasteiger charge is 2.29. The number of carbonyl (C=O) groups excluding carboxylic acids is 3. The van der Waals surface area contributed by atoms with Gasteiger partial charge in [0.1, 0.15) is 22.9 Å². The standard InChI is InChI=1S/C24H27N7O2.C24H26N6O2.C22H22N6O/c1-29-9-11-30(12-10-29)24(32)31-15-17-3-4-19(13-18(17)16-31)27-23-26-8-6-21(28-23)22-14-20(33-2)5-7-25-22;1-4-5-12-32-18-8-10-25-21(15-18)20-9-11-26-24(29-20)27-17-6-7-19-16(13-17)14-22(28-19)23(31)30(2)3;1-4-15-6-5-7-18(24-15)19-10-11-23-22(27-19)25-16-8-9-17-14(12-16)13-20(26-17)21(29)28(2)3/h3-8,13-14H,9-12,15-16H2,1-2H3,(H,26,27,28);6-11,13-15,28H,4-5,12H2,1-3H3,(H,26,27,29);5-13,26H,4H2,1-3H3,(H,23,25,27). The van der Waals surface area contributed by atoms with E-state index in [1.165, 1.54) is 5.56 Å². The summed E-state index contributed by atoms with van der Waals surface area (Å²) in [6.07, 6.45) is 11.5. The maximum atomic E-state index is 13.0. The summed E-state index contributed by atoms with van der Waals surface area (Å²) in [5, 5.41) is 11.6. The number of hydrogen-bond acceptors (Lipinski definition) is 18. The second kappa shape index (κ2) is 29.7. The molecule has 1 fully saturated rings. The number of ether oxygens (including phenoxy) is 2. The first-order valence-electron chi connectivity index (χ1n) is 31.0. The zero-order chi connectivity index (χ0) is 65.7. The number of urea groups is 1. The number of unbranched alkanes of at least 4 members (excludes halogenated alkanes) is 1. The average Bonchev–Trinajstić information content (AvgIpc) is 1.92. The normalized spacial score (nSPS) is 12.6. The summed E-state index contributed by atoms with van der Waals surface area (Å²) in [7, 11) is 10.6. The van der Waals surface area contributed by atoms with Crippen LogP contribution in [-0.2, 0) is 19.5 Å². The van der Waals surface area contributed by atoms with Crippen LogP contribution in [-0.4, -0.2) is 172 Å². The van der Waals surface area contributed by atoms with Crippen molar-refractivity contribution in [2.45, 2.75) is 46.2 Å². The molecule has 4 amide bonds. The van der Waals surface area contributed by atoms with E-state index in [0.717, 1.165) is 124 Å². The molecule has 0 unspecified atom stereocenters. The Morgan fingerprint density at radius 1 is 0.511 bits per heavy atom. The number of anilines is 6. The van der Waals surface area contributed by atoms with Gasteiger partial charge in [-0.3, -0.25) is 24.5 Å². The maximum Gasteiger partial charge on any atom is 0.320 e. The molecule has 0 saturated carbocycles. The second-order valence-electron chi connectivity index (χ2n) is 23.0. The van der Waals surface area contributed by atoms with Gasteiger partial charge in [-0.15, -0.1) is 0 Å². The number of fused-ring (bicyclic) bond motifs is 3. The molecule has 8 aromatic heterocycles. The van der Waals surface area contributed by atoms with E-state index in [-0.39, 0.29) is 17.8 Å². The molecule has 13 rings (SSSR count). The van der Waals surface area contributed by atoms with Crippen molar-refractivity contribution in [2.75, 3.05) is 91.1 Å². The molecule has 0 bridgehead atoms. The van der Waals surface area contributed by atoms with Crippen LogP contribution in [0.4, 0.5) is 39.7 Å². The Morgan fingerprint density at radius 3 is 1.53 bits per heavy atom. The quantitative estimate of drug-likeness (QED) is 0.0530. The third-order valence-electron chi connectivity index (χ3n) is 15.6. The van der Waals surface area contributed by atoms with Gasteiger partial charge in [0, 0.05) is 155 Å². The van der Waals surface area contributed by atoms with Gasteiger partial charge in [-0.2, -0.15) is 0 Å². The lowest BCUT2D eigenvalue weighted by Crippen LogP contribution is -2.50. The second-order valence-corrected chi connectivity index (χ2v) is 23.0. The van der Waals surface area contributed by atoms with E-state index in [9.17, 15) is 14.4 Å². The molecule has 3 aromatic carbocycles. The van der Waals surface area contributed by atoms with Gasteiger partial charge in [0.2, 0.25) is 17.8 Å². The number of rotatable bonds is 17. The molecule has 10 heterocycles. The molecule has 0 spiro atoms. The summed E-state index contributed by atoms with van der Waals surface area (Å²) in [6, 6.07) is 40.4. The van der Waals surface area contributed by atoms with Gasteiger partial charge in [0.15, 0.2) is 0 Å². The Kier molecular flexibility index (Phi) is 20.3. The van der Waals surface area contributed by atoms with Gasteiger partial charge in [-0.25, -0.2) is 34.7 Å². The highest BCUT2D eigenvalue weighted by Crippen LogP contribution is 2.31. The van der Waals surface area contributed by atoms with Crippen molar-refractivity contribution in [3.63, 3.8) is 0 Å². The summed E-state index contributed by atoms with van der Waals surface area (Å²) in [6.45, 7) is 9.56. The first-order chi connectivity index (χ1) is 45.6. The Balaban J connectivity index is 0.000000144. The molecule has 24 nitrogen and oxygen atoms in total. The highest BCUT2D eigenvalue weighted by atomic mass is 16.5. The number of amides is 4. The molecule has 2 aliphatic heterocycles. The lowest BCUT2D eigenvalue weighted by atomic mass is 10.1. The Bertz CT molecular complexity index is 4470. The Morgan fingerprint density at radius 2 is 1.00 bits per heavy atom. The Labute approximate surface area is 544 Å². The monoisotopic (exact) mass is 1260 g/mol. The van der Waals surface area contributed by atoms with E-state index >= 15 is 0 Å². The first-order valence-corrected chi connectivity index (χ1v) is 31.0. The van der Waals surface area contributed by atoms with E-state index in [1.807, 2.05) is 119 Å². The number of hydrogen-bond donors (Lipinski definition) is 5. The molecule has 0 aliphatic carbocycles. The van der Waals surface area contributed by atoms with Gasteiger partial charge in [-0.05, 0) is 134 Å². The van der Waals surface area contributed by atoms with Crippen molar-refractivity contribution in [3.8, 4) is 45.7 Å². The van der Waals surface area contributed by atoms with Crippen LogP contribution in [0.3, 0.4) is 0 Å². The predicted molar refractivity (Wildman–Crippen MR) is 365 cm³/mol. The summed E-state index contributed by atoms with van der Waals surface area (Å²) >= 11 is 0. The third-order valence-corrected chi connectivity index (χ3v) is 15.6. The molecule has 0 atom stereocenters. The van der Waals surface area contributed by atoms with Crippen molar-refractivity contribution in [1.29, 1.82) is 0 Å². The van der Waals surface area contributed by atoms with Crippen LogP contribution in [0.25, 0.3) is 56.0 Å². The summed E-state index contributed by atoms with van der Waals surface area (Å²) < 4.78 is 11.1. The van der Waals surface area contributed by atoms with Crippen molar-refractivity contribution in [2.24, 2.45) is 0 Å². The maximum absolute atomic E-state index is 13.0. The SMILES string of the molecule is CCCCOc1ccnc(-c2ccnc(Nc3ccc4[nH]c(C(=O)N(C)C)cc4c3)n2)c1.CCc1cccc(-c2ccnc(Nc3ccc4[nH]c(C(=O)N(C)C)cc4c3)n2)n1.COc1ccnc(-c2ccnc(Nc3ccc4c(c3)CN(C(=O)N3CCN(C)CC3)C4)n2)c1. The topological polar surface area (TPSA) is 270 Å². The van der Waals surface area contributed by atoms with Crippen molar-refractivity contribution in [3.05, 3.63) is 187 Å². The number of methoxy groups -OCH3 is 1. The average molecular weight is 1260 g/mol. The number of aromatic amines is 2. The summed E-state index contributed by atoms with van der Waals surface area (Å²) in [4.78, 5) is 93.1. The molecular weight excluding hydrogens is 1190 g/mol. The fourth-order valence-electron chi connectivity index (χ4n) is 10.5. The van der Waals surface area contributed by atoms with Crippen LogP contribution in [0.2, 0.25) is 0 Å². The molecule has 0 radical (unpaired) electrons. The summed E-state index contributed by atoms with van der Waals surface area (Å²) in [5.74, 6) is 2.81. The molecule has 11 aromatic rings. The van der Waals surface area contributed by atoms with Crippen LogP contribution in [0, 0.1) is 0 Å². The lowest BCUT2D eigenvalue weighted by molar-refractivity contribution is 0.0816. The number of carbonyl (C=O) groups is 3. The van der Waals surface area contributed by atoms with Crippen molar-refractivity contribution in [1.82, 2.24) is 79.3 Å². The van der Waals surface area contributed by atoms with Crippen LogP contribution in [0.5, 0.6) is 11.5 Å². The minimum Gasteiger partial charge on any atom is -0.497 e. The molecular formula is C70H75N19O5. The number of piperazine rings is 1. The first kappa shape index (κ1) is 64.1. The molecule has 2 aliphatic rings. The van der Waals surface area contributed by atoms with Gasteiger partial charge in [0.25, 0.3) is 11.8 Å². The number of pyridine rings is 3. The zero-order valence-electron chi connectivity index (χ0n) is 53.9. The van der Waals surface area contributed by atoms with Crippen molar-refractivity contribution >= 4 is 74.6 Å². The van der Waals surface area contributed by atoms with Gasteiger partial charge >= 0.3 is 6.03 Å². The van der Waals surface area contributed by atoms with E-state index in [1.54, 1.807) is 82.2 Å². The molecule has 24 heteroatoms. The van der Waals surface area contributed by atoms with E-state index in [4.69, 9.17) is 9.47 Å². The zero-order valence-corrected chi connectivity index (χ0v) is 53.9. The number of H-pyrrole nitrogens is 2. The van der Waals surface area contributed by atoms with Gasteiger partial charge < -0.3 is 59.9 Å². The van der Waals surface area contributed by atoms with Crippen LogP contribution >= 0.6 is 0 Å². The molecule has 94 heavy (non-hydrogen) atoms. The fraction of sp³-hybridized carbons (Fsp3) is 0.257. The number of aromatic nitrogens is 11. The fourth-order valence-corrected chi connectivity index (χ4v) is 10.5. The van der Waals surface area contributed by atoms with E-state index in [0.29, 0.717) is 66.0 Å². The van der Waals surface area contributed by atoms with Crippen LogP contribution in [0.15, 0.2) is 158 Å². The molecule has 5 N–H and O–H groups in total. The minimum absolute atomic E-state index is 0.0615. The number of nitrogens with one attached hydrogen (secondary N) is 5. The van der Waals surface area contributed by atoms with Gasteiger partial charge in [0.05, 0.1) is 47.9 Å². The minimum atomic E-state index is -0.0693. The third kappa shape index (κ3) is 16.0. The number of benzene rings is 3. The largest absolute Gasteiger partial charge is 0.497 e. The molecule has 1 saturated heterocycles. The van der Waals surface area contributed by atoms with E-state index in [2.05, 4.69) is 109 Å². The lowest BCUT2D eigenvalue weighted by Gasteiger charge is -2.34.